The predicted molar refractivity (Wildman–Crippen MR) is 106 cm³/mol. The molecule has 3 heterocycles. The van der Waals surface area contributed by atoms with Crippen molar-refractivity contribution in [3.05, 3.63) is 61.7 Å². The third-order valence-corrected chi connectivity index (χ3v) is 5.99. The molecule has 7 nitrogen and oxygen atoms in total. The van der Waals surface area contributed by atoms with Gasteiger partial charge >= 0.3 is 0 Å². The van der Waals surface area contributed by atoms with E-state index in [1.807, 2.05) is 20.8 Å². The number of amides is 1. The highest BCUT2D eigenvalue weighted by atomic mass is 16.2. The molecular weight excluding hydrogens is 356 g/mol. The lowest BCUT2D eigenvalue weighted by atomic mass is 9.77. The van der Waals surface area contributed by atoms with E-state index < -0.39 is 0 Å². The highest BCUT2D eigenvalue weighted by Gasteiger charge is 2.46. The summed E-state index contributed by atoms with van der Waals surface area (Å²) < 4.78 is 0. The van der Waals surface area contributed by atoms with Crippen molar-refractivity contribution < 1.29 is 4.79 Å². The number of H-pyrrole nitrogens is 2. The fraction of sp³-hybridized carbons (Fsp3) is 0.524. The van der Waals surface area contributed by atoms with Crippen LogP contribution in [0.25, 0.3) is 0 Å². The minimum absolute atomic E-state index is 0.0604. The summed E-state index contributed by atoms with van der Waals surface area (Å²) in [7, 11) is 0. The molecule has 1 aliphatic heterocycles. The Labute approximate surface area is 163 Å². The lowest BCUT2D eigenvalue weighted by molar-refractivity contribution is 0.0631. The van der Waals surface area contributed by atoms with E-state index >= 15 is 0 Å². The van der Waals surface area contributed by atoms with Crippen LogP contribution >= 0.6 is 0 Å². The SMILES string of the molecule is CC(C)(C)c1nc2c(c(=O)[nH]1)CCC21CCCN(C(=O)c2ccc[nH]c2=O)C1. The molecule has 1 unspecified atom stereocenters. The Bertz CT molecular complexity index is 1050. The summed E-state index contributed by atoms with van der Waals surface area (Å²) in [6.45, 7) is 7.18. The van der Waals surface area contributed by atoms with Crippen molar-refractivity contribution in [3.63, 3.8) is 0 Å². The molecule has 0 saturated carbocycles. The number of aromatic nitrogens is 3. The van der Waals surface area contributed by atoms with Crippen molar-refractivity contribution in [2.75, 3.05) is 13.1 Å². The van der Waals surface area contributed by atoms with Gasteiger partial charge in [0, 0.05) is 35.7 Å². The summed E-state index contributed by atoms with van der Waals surface area (Å²) in [6.07, 6.45) is 4.73. The molecule has 7 heteroatoms. The molecular formula is C21H26N4O3. The summed E-state index contributed by atoms with van der Waals surface area (Å²) in [5.41, 5.74) is 0.754. The fourth-order valence-corrected chi connectivity index (χ4v) is 4.47. The van der Waals surface area contributed by atoms with E-state index in [0.717, 1.165) is 30.5 Å². The summed E-state index contributed by atoms with van der Waals surface area (Å²) >= 11 is 0. The number of hydrogen-bond donors (Lipinski definition) is 2. The van der Waals surface area contributed by atoms with Crippen LogP contribution in [0.1, 0.15) is 67.5 Å². The molecule has 1 spiro atoms. The molecule has 0 aromatic carbocycles. The van der Waals surface area contributed by atoms with Crippen molar-refractivity contribution in [3.8, 4) is 0 Å². The van der Waals surface area contributed by atoms with Gasteiger partial charge in [0.2, 0.25) is 0 Å². The van der Waals surface area contributed by atoms with Crippen molar-refractivity contribution >= 4 is 5.91 Å². The summed E-state index contributed by atoms with van der Waals surface area (Å²) in [5.74, 6) is 0.427. The zero-order valence-electron chi connectivity index (χ0n) is 16.6. The van der Waals surface area contributed by atoms with Gasteiger partial charge in [-0.3, -0.25) is 14.4 Å². The Morgan fingerprint density at radius 3 is 2.71 bits per heavy atom. The molecule has 1 atom stereocenters. The van der Waals surface area contributed by atoms with E-state index in [0.29, 0.717) is 25.3 Å². The van der Waals surface area contributed by atoms with Crippen LogP contribution < -0.4 is 11.1 Å². The first-order chi connectivity index (χ1) is 13.2. The topological polar surface area (TPSA) is 98.9 Å². The molecule has 2 aromatic rings. The summed E-state index contributed by atoms with van der Waals surface area (Å²) in [4.78, 5) is 49.9. The smallest absolute Gasteiger partial charge is 0.260 e. The number of carbonyl (C=O) groups is 1. The van der Waals surface area contributed by atoms with E-state index in [1.165, 1.54) is 6.20 Å². The minimum Gasteiger partial charge on any atom is -0.338 e. The molecule has 1 fully saturated rings. The number of pyridine rings is 1. The van der Waals surface area contributed by atoms with E-state index in [2.05, 4.69) is 9.97 Å². The number of nitrogens with zero attached hydrogens (tertiary/aromatic N) is 2. The monoisotopic (exact) mass is 382 g/mol. The van der Waals surface area contributed by atoms with E-state index in [4.69, 9.17) is 4.98 Å². The van der Waals surface area contributed by atoms with Crippen LogP contribution in [0.3, 0.4) is 0 Å². The van der Waals surface area contributed by atoms with Gasteiger partial charge in [-0.05, 0) is 37.8 Å². The van der Waals surface area contributed by atoms with Gasteiger partial charge in [0.15, 0.2) is 0 Å². The van der Waals surface area contributed by atoms with Crippen molar-refractivity contribution in [1.82, 2.24) is 19.9 Å². The Kier molecular flexibility index (Phi) is 4.28. The first-order valence-corrected chi connectivity index (χ1v) is 9.82. The first-order valence-electron chi connectivity index (χ1n) is 9.82. The standard InChI is InChI=1S/C21H26N4O3/c1-20(2,3)19-23-15-13(17(27)24-19)7-9-21(15)8-5-11-25(12-21)18(28)14-6-4-10-22-16(14)26/h4,6,10H,5,7-9,11-12H2,1-3H3,(H,22,26)(H,23,24,27). The van der Waals surface area contributed by atoms with Crippen LogP contribution in [-0.2, 0) is 17.3 Å². The number of rotatable bonds is 1. The van der Waals surface area contributed by atoms with Crippen LogP contribution in [0.5, 0.6) is 0 Å². The molecule has 0 bridgehead atoms. The summed E-state index contributed by atoms with van der Waals surface area (Å²) in [6, 6.07) is 3.22. The van der Waals surface area contributed by atoms with Crippen LogP contribution in [0.2, 0.25) is 0 Å². The molecule has 1 aliphatic carbocycles. The van der Waals surface area contributed by atoms with Gasteiger partial charge in [-0.15, -0.1) is 0 Å². The third-order valence-electron chi connectivity index (χ3n) is 5.99. The Balaban J connectivity index is 1.72. The third kappa shape index (κ3) is 2.99. The minimum atomic E-state index is -0.372. The molecule has 1 amide bonds. The average Bonchev–Trinajstić information content (AvgIpc) is 2.99. The maximum Gasteiger partial charge on any atom is 0.260 e. The van der Waals surface area contributed by atoms with E-state index in [1.54, 1.807) is 17.0 Å². The van der Waals surface area contributed by atoms with Gasteiger partial charge in [0.05, 0.1) is 5.69 Å². The summed E-state index contributed by atoms with van der Waals surface area (Å²) in [5, 5.41) is 0. The zero-order chi connectivity index (χ0) is 20.1. The van der Waals surface area contributed by atoms with Crippen LogP contribution in [0, 0.1) is 0 Å². The van der Waals surface area contributed by atoms with Crippen LogP contribution in [0.15, 0.2) is 27.9 Å². The van der Waals surface area contributed by atoms with Gasteiger partial charge in [0.25, 0.3) is 17.0 Å². The van der Waals surface area contributed by atoms with Gasteiger partial charge in [-0.1, -0.05) is 20.8 Å². The second kappa shape index (κ2) is 6.43. The quantitative estimate of drug-likeness (QED) is 0.787. The van der Waals surface area contributed by atoms with Crippen molar-refractivity contribution in [2.45, 2.75) is 57.3 Å². The predicted octanol–water partition coefficient (Wildman–Crippen LogP) is 1.88. The van der Waals surface area contributed by atoms with Crippen LogP contribution in [-0.4, -0.2) is 38.8 Å². The lowest BCUT2D eigenvalue weighted by Gasteiger charge is -2.40. The van der Waals surface area contributed by atoms with Crippen LogP contribution in [0.4, 0.5) is 0 Å². The van der Waals surface area contributed by atoms with Gasteiger partial charge < -0.3 is 14.9 Å². The maximum atomic E-state index is 13.0. The van der Waals surface area contributed by atoms with Crippen molar-refractivity contribution in [1.29, 1.82) is 0 Å². The Morgan fingerprint density at radius 2 is 2.00 bits per heavy atom. The molecule has 2 N–H and O–H groups in total. The van der Waals surface area contributed by atoms with E-state index in [9.17, 15) is 14.4 Å². The largest absolute Gasteiger partial charge is 0.338 e. The number of piperidine rings is 1. The second-order valence-electron chi connectivity index (χ2n) is 9.02. The molecule has 28 heavy (non-hydrogen) atoms. The highest BCUT2D eigenvalue weighted by Crippen LogP contribution is 2.43. The number of carbonyl (C=O) groups excluding carboxylic acids is 1. The molecule has 0 radical (unpaired) electrons. The maximum absolute atomic E-state index is 13.0. The number of fused-ring (bicyclic) bond motifs is 2. The zero-order valence-corrected chi connectivity index (χ0v) is 16.6. The lowest BCUT2D eigenvalue weighted by Crippen LogP contribution is -2.49. The Morgan fingerprint density at radius 1 is 1.21 bits per heavy atom. The molecule has 2 aromatic heterocycles. The van der Waals surface area contributed by atoms with Gasteiger partial charge in [-0.25, -0.2) is 4.98 Å². The normalized spacial score (nSPS) is 21.8. The van der Waals surface area contributed by atoms with Gasteiger partial charge in [0.1, 0.15) is 11.4 Å². The molecule has 148 valence electrons. The second-order valence-corrected chi connectivity index (χ2v) is 9.02. The number of nitrogens with one attached hydrogen (secondary N) is 2. The fourth-order valence-electron chi connectivity index (χ4n) is 4.47. The van der Waals surface area contributed by atoms with Gasteiger partial charge in [-0.2, -0.15) is 0 Å². The molecule has 1 saturated heterocycles. The van der Waals surface area contributed by atoms with Crippen molar-refractivity contribution in [2.24, 2.45) is 0 Å². The van der Waals surface area contributed by atoms with E-state index in [-0.39, 0.29) is 33.4 Å². The number of aromatic amines is 2. The highest BCUT2D eigenvalue weighted by molar-refractivity contribution is 5.94. The first kappa shape index (κ1) is 18.7. The number of likely N-dealkylation sites (tertiary alicyclic amines) is 1. The average molecular weight is 382 g/mol. The Hall–Kier alpha value is -2.70. The molecule has 4 rings (SSSR count). The number of hydrogen-bond acceptors (Lipinski definition) is 4. The molecule has 2 aliphatic rings.